The molecule has 0 bridgehead atoms. The van der Waals surface area contributed by atoms with Gasteiger partial charge in [0, 0.05) is 29.6 Å². The first-order valence-corrected chi connectivity index (χ1v) is 11.7. The molecule has 33 heavy (non-hydrogen) atoms. The van der Waals surface area contributed by atoms with E-state index in [9.17, 15) is 14.7 Å². The standard InChI is InChI=1S/C26H31N3O3S/c1-16(2)12-24(26(31)32)29-25(30)22-11-10-19(28-14-18(27)15-33)13-23(22)21-9-5-7-17-6-3-4-8-20(17)21/h3-11,13,16,18,24,28,33H,12,14-15,27H2,1-2H3,(H,29,30)(H,31,32). The van der Waals surface area contributed by atoms with Crippen molar-refractivity contribution in [3.05, 3.63) is 66.2 Å². The van der Waals surface area contributed by atoms with Crippen LogP contribution in [0.25, 0.3) is 21.9 Å². The number of carbonyl (C=O) groups is 2. The van der Waals surface area contributed by atoms with Crippen LogP contribution in [-0.2, 0) is 4.79 Å². The highest BCUT2D eigenvalue weighted by molar-refractivity contribution is 7.80. The van der Waals surface area contributed by atoms with Crippen LogP contribution < -0.4 is 16.4 Å². The van der Waals surface area contributed by atoms with Crippen molar-refractivity contribution in [2.24, 2.45) is 11.7 Å². The van der Waals surface area contributed by atoms with Gasteiger partial charge in [0.1, 0.15) is 6.04 Å². The largest absolute Gasteiger partial charge is 0.480 e. The topological polar surface area (TPSA) is 104 Å². The van der Waals surface area contributed by atoms with Crippen LogP contribution in [0.3, 0.4) is 0 Å². The summed E-state index contributed by atoms with van der Waals surface area (Å²) >= 11 is 4.23. The third kappa shape index (κ3) is 6.27. The van der Waals surface area contributed by atoms with Gasteiger partial charge in [0.25, 0.3) is 5.91 Å². The van der Waals surface area contributed by atoms with Crippen LogP contribution in [0.2, 0.25) is 0 Å². The van der Waals surface area contributed by atoms with Crippen LogP contribution in [0.5, 0.6) is 0 Å². The average Bonchev–Trinajstić information content (AvgIpc) is 2.81. The van der Waals surface area contributed by atoms with E-state index in [1.165, 1.54) is 0 Å². The first-order chi connectivity index (χ1) is 15.8. The lowest BCUT2D eigenvalue weighted by molar-refractivity contribution is -0.139. The first-order valence-electron chi connectivity index (χ1n) is 11.1. The predicted octanol–water partition coefficient (Wildman–Crippen LogP) is 4.40. The number of fused-ring (bicyclic) bond motifs is 1. The lowest BCUT2D eigenvalue weighted by atomic mass is 9.93. The molecule has 0 aromatic heterocycles. The molecule has 174 valence electrons. The Morgan fingerprint density at radius 1 is 1.03 bits per heavy atom. The molecule has 0 saturated carbocycles. The molecule has 0 saturated heterocycles. The van der Waals surface area contributed by atoms with Gasteiger partial charge in [-0.25, -0.2) is 4.79 Å². The minimum atomic E-state index is -1.04. The first kappa shape index (κ1) is 24.6. The van der Waals surface area contributed by atoms with Crippen molar-refractivity contribution in [2.45, 2.75) is 32.4 Å². The molecule has 3 aromatic carbocycles. The van der Waals surface area contributed by atoms with Gasteiger partial charge in [0.15, 0.2) is 0 Å². The second-order valence-corrected chi connectivity index (χ2v) is 8.97. The highest BCUT2D eigenvalue weighted by Crippen LogP contribution is 2.33. The summed E-state index contributed by atoms with van der Waals surface area (Å²) in [5.41, 5.74) is 8.85. The number of amides is 1. The Morgan fingerprint density at radius 3 is 2.45 bits per heavy atom. The molecule has 0 fully saturated rings. The number of rotatable bonds is 10. The molecule has 0 aliphatic carbocycles. The van der Waals surface area contributed by atoms with Crippen molar-refractivity contribution in [3.8, 4) is 11.1 Å². The second kappa shape index (κ2) is 11.2. The number of carboxylic acid groups (broad SMARTS) is 1. The number of aliphatic carboxylic acids is 1. The zero-order valence-electron chi connectivity index (χ0n) is 18.9. The molecule has 0 aliphatic rings. The van der Waals surface area contributed by atoms with Crippen LogP contribution in [-0.4, -0.2) is 41.4 Å². The maximum Gasteiger partial charge on any atom is 0.326 e. The molecule has 0 radical (unpaired) electrons. The van der Waals surface area contributed by atoms with Crippen LogP contribution in [0, 0.1) is 5.92 Å². The van der Waals surface area contributed by atoms with E-state index in [-0.39, 0.29) is 12.0 Å². The van der Waals surface area contributed by atoms with E-state index in [1.54, 1.807) is 6.07 Å². The van der Waals surface area contributed by atoms with E-state index in [0.29, 0.717) is 24.3 Å². The second-order valence-electron chi connectivity index (χ2n) is 8.60. The van der Waals surface area contributed by atoms with Gasteiger partial charge in [-0.1, -0.05) is 56.3 Å². The summed E-state index contributed by atoms with van der Waals surface area (Å²) in [6.45, 7) is 4.40. The van der Waals surface area contributed by atoms with E-state index >= 15 is 0 Å². The van der Waals surface area contributed by atoms with E-state index in [0.717, 1.165) is 27.6 Å². The summed E-state index contributed by atoms with van der Waals surface area (Å²) in [7, 11) is 0. The molecule has 6 nitrogen and oxygen atoms in total. The maximum absolute atomic E-state index is 13.3. The number of nitrogens with two attached hydrogens (primary N) is 1. The number of anilines is 1. The number of carboxylic acids is 1. The van der Waals surface area contributed by atoms with Gasteiger partial charge in [0.05, 0.1) is 0 Å². The van der Waals surface area contributed by atoms with E-state index in [2.05, 4.69) is 23.3 Å². The summed E-state index contributed by atoms with van der Waals surface area (Å²) in [6.07, 6.45) is 0.353. The van der Waals surface area contributed by atoms with Crippen molar-refractivity contribution < 1.29 is 14.7 Å². The molecule has 5 N–H and O–H groups in total. The average molecular weight is 466 g/mol. The van der Waals surface area contributed by atoms with Gasteiger partial charge in [0.2, 0.25) is 0 Å². The monoisotopic (exact) mass is 465 g/mol. The molecule has 1 amide bonds. The highest BCUT2D eigenvalue weighted by atomic mass is 32.1. The summed E-state index contributed by atoms with van der Waals surface area (Å²) in [6, 6.07) is 18.3. The van der Waals surface area contributed by atoms with Crippen molar-refractivity contribution in [2.75, 3.05) is 17.6 Å². The Balaban J connectivity index is 2.05. The van der Waals surface area contributed by atoms with E-state index in [4.69, 9.17) is 5.73 Å². The van der Waals surface area contributed by atoms with Crippen molar-refractivity contribution in [1.82, 2.24) is 5.32 Å². The zero-order chi connectivity index (χ0) is 24.0. The summed E-state index contributed by atoms with van der Waals surface area (Å²) in [4.78, 5) is 25.0. The van der Waals surface area contributed by atoms with Crippen LogP contribution in [0.1, 0.15) is 30.6 Å². The fourth-order valence-corrected chi connectivity index (χ4v) is 3.91. The highest BCUT2D eigenvalue weighted by Gasteiger charge is 2.24. The van der Waals surface area contributed by atoms with Gasteiger partial charge in [-0.3, -0.25) is 4.79 Å². The van der Waals surface area contributed by atoms with E-state index < -0.39 is 17.9 Å². The van der Waals surface area contributed by atoms with Gasteiger partial charge in [-0.15, -0.1) is 0 Å². The Hall–Kier alpha value is -3.03. The van der Waals surface area contributed by atoms with Gasteiger partial charge in [-0.2, -0.15) is 12.6 Å². The minimum Gasteiger partial charge on any atom is -0.480 e. The molecule has 0 spiro atoms. The molecular weight excluding hydrogens is 434 g/mol. The fourth-order valence-electron chi connectivity index (χ4n) is 3.78. The molecular formula is C26H31N3O3S. The Labute approximate surface area is 200 Å². The zero-order valence-corrected chi connectivity index (χ0v) is 19.8. The molecule has 3 aromatic rings. The quantitative estimate of drug-likeness (QED) is 0.285. The van der Waals surface area contributed by atoms with Crippen LogP contribution in [0.15, 0.2) is 60.7 Å². The normalized spacial score (nSPS) is 13.0. The number of nitrogens with one attached hydrogen (secondary N) is 2. The fraction of sp³-hybridized carbons (Fsp3) is 0.308. The molecule has 2 atom stereocenters. The van der Waals surface area contributed by atoms with Crippen LogP contribution in [0.4, 0.5) is 5.69 Å². The summed E-state index contributed by atoms with van der Waals surface area (Å²) in [5.74, 6) is -0.769. The summed E-state index contributed by atoms with van der Waals surface area (Å²) < 4.78 is 0. The minimum absolute atomic E-state index is 0.107. The van der Waals surface area contributed by atoms with Crippen molar-refractivity contribution >= 4 is 41.0 Å². The molecule has 3 rings (SSSR count). The van der Waals surface area contributed by atoms with Crippen molar-refractivity contribution in [1.29, 1.82) is 0 Å². The van der Waals surface area contributed by atoms with Gasteiger partial charge < -0.3 is 21.5 Å². The SMILES string of the molecule is CC(C)CC(NC(=O)c1ccc(NCC(N)CS)cc1-c1cccc2ccccc12)C(=O)O. The van der Waals surface area contributed by atoms with Crippen LogP contribution >= 0.6 is 12.6 Å². The lowest BCUT2D eigenvalue weighted by Crippen LogP contribution is -2.41. The number of hydrogen-bond donors (Lipinski definition) is 5. The van der Waals surface area contributed by atoms with E-state index in [1.807, 2.05) is 68.4 Å². The third-order valence-corrected chi connectivity index (χ3v) is 5.93. The Kier molecular flexibility index (Phi) is 8.36. The number of thiol groups is 1. The predicted molar refractivity (Wildman–Crippen MR) is 138 cm³/mol. The molecule has 7 heteroatoms. The maximum atomic E-state index is 13.3. The van der Waals surface area contributed by atoms with Gasteiger partial charge in [-0.05, 0) is 52.4 Å². The number of carbonyl (C=O) groups excluding carboxylic acids is 1. The number of benzene rings is 3. The Morgan fingerprint density at radius 2 is 1.76 bits per heavy atom. The van der Waals surface area contributed by atoms with Gasteiger partial charge >= 0.3 is 5.97 Å². The molecule has 0 heterocycles. The Bertz CT molecular complexity index is 1130. The van der Waals surface area contributed by atoms with Crippen molar-refractivity contribution in [3.63, 3.8) is 0 Å². The molecule has 0 aliphatic heterocycles. The lowest BCUT2D eigenvalue weighted by Gasteiger charge is -2.19. The third-order valence-electron chi connectivity index (χ3n) is 5.46. The number of hydrogen-bond acceptors (Lipinski definition) is 5. The smallest absolute Gasteiger partial charge is 0.326 e. The molecule has 2 unspecified atom stereocenters. The summed E-state index contributed by atoms with van der Waals surface area (Å²) in [5, 5.41) is 17.7.